The number of rotatable bonds is 8. The minimum absolute atomic E-state index is 0.315. The Balaban J connectivity index is 1.68. The van der Waals surface area contributed by atoms with E-state index in [1.165, 1.54) is 38.5 Å². The Morgan fingerprint density at radius 3 is 1.88 bits per heavy atom. The molecule has 0 spiro atoms. The summed E-state index contributed by atoms with van der Waals surface area (Å²) in [4.78, 5) is 11.4. The molecular weight excluding hydrogens is 328 g/mol. The van der Waals surface area contributed by atoms with Crippen molar-refractivity contribution in [1.82, 2.24) is 0 Å². The first kappa shape index (κ1) is 21.4. The lowest BCUT2D eigenvalue weighted by molar-refractivity contribution is -0.141. The van der Waals surface area contributed by atoms with Crippen LogP contribution in [0.4, 0.5) is 0 Å². The van der Waals surface area contributed by atoms with Gasteiger partial charge in [0.05, 0.1) is 18.8 Å². The van der Waals surface area contributed by atoms with Crippen LogP contribution in [0, 0.1) is 17.3 Å². The van der Waals surface area contributed by atoms with Gasteiger partial charge in [-0.15, -0.1) is 0 Å². The number of carbonyl (C=O) groups is 1. The summed E-state index contributed by atoms with van der Waals surface area (Å²) in [6.07, 6.45) is 10.6. The number of hydrogen-bond acceptors (Lipinski definition) is 4. The molecule has 2 aliphatic carbocycles. The molecule has 26 heavy (non-hydrogen) atoms. The van der Waals surface area contributed by atoms with Crippen molar-refractivity contribution in [3.63, 3.8) is 0 Å². The number of hydrogen-bond donors (Lipinski definition) is 0. The van der Waals surface area contributed by atoms with Crippen LogP contribution in [0.2, 0.25) is 0 Å². The quantitative estimate of drug-likeness (QED) is 0.348. The predicted molar refractivity (Wildman–Crippen MR) is 104 cm³/mol. The topological polar surface area (TPSA) is 44.8 Å². The number of carbonyl (C=O) groups excluding carboxylic acids is 1. The maximum absolute atomic E-state index is 11.4. The highest BCUT2D eigenvalue weighted by Crippen LogP contribution is 2.48. The summed E-state index contributed by atoms with van der Waals surface area (Å²) in [5.74, 6) is 1.27. The van der Waals surface area contributed by atoms with Gasteiger partial charge in [-0.05, 0) is 75.5 Å². The largest absolute Gasteiger partial charge is 0.460 e. The van der Waals surface area contributed by atoms with Gasteiger partial charge in [-0.3, -0.25) is 0 Å². The SMILES string of the molecule is C=C(C)C(=O)OCCOC1CCC(C(C)(C)C2CCC(OC)CC2)CC1. The molecule has 2 fully saturated rings. The average Bonchev–Trinajstić information content (AvgIpc) is 2.65. The predicted octanol–water partition coefficient (Wildman–Crippen LogP) is 4.91. The van der Waals surface area contributed by atoms with Gasteiger partial charge in [0.1, 0.15) is 6.61 Å². The Hall–Kier alpha value is -0.870. The van der Waals surface area contributed by atoms with Crippen LogP contribution < -0.4 is 0 Å². The standard InChI is InChI=1S/C22H38O4/c1-16(2)21(23)26-15-14-25-20-12-8-18(9-13-20)22(3,4)17-6-10-19(24-5)11-7-17/h17-20H,1,6-15H2,2-5H3. The lowest BCUT2D eigenvalue weighted by atomic mass is 9.60. The van der Waals surface area contributed by atoms with E-state index in [1.807, 2.05) is 7.11 Å². The number of methoxy groups -OCH3 is 1. The maximum atomic E-state index is 11.4. The lowest BCUT2D eigenvalue weighted by Crippen LogP contribution is -2.39. The Morgan fingerprint density at radius 1 is 0.923 bits per heavy atom. The van der Waals surface area contributed by atoms with Gasteiger partial charge < -0.3 is 14.2 Å². The van der Waals surface area contributed by atoms with Crippen LogP contribution in [0.25, 0.3) is 0 Å². The fourth-order valence-electron chi connectivity index (χ4n) is 4.82. The van der Waals surface area contributed by atoms with Crippen LogP contribution in [0.15, 0.2) is 12.2 Å². The van der Waals surface area contributed by atoms with Crippen molar-refractivity contribution >= 4 is 5.97 Å². The molecule has 0 saturated heterocycles. The van der Waals surface area contributed by atoms with Gasteiger partial charge in [0.15, 0.2) is 0 Å². The summed E-state index contributed by atoms with van der Waals surface area (Å²) >= 11 is 0. The van der Waals surface area contributed by atoms with E-state index < -0.39 is 0 Å². The molecule has 0 aromatic rings. The molecule has 150 valence electrons. The van der Waals surface area contributed by atoms with E-state index in [-0.39, 0.29) is 5.97 Å². The van der Waals surface area contributed by atoms with Crippen LogP contribution in [-0.4, -0.2) is 38.5 Å². The fraction of sp³-hybridized carbons (Fsp3) is 0.864. The normalized spacial score (nSPS) is 30.0. The van der Waals surface area contributed by atoms with E-state index in [9.17, 15) is 4.79 Å². The van der Waals surface area contributed by atoms with Gasteiger partial charge in [0, 0.05) is 12.7 Å². The molecular formula is C22H38O4. The second-order valence-corrected chi connectivity index (χ2v) is 8.79. The van der Waals surface area contributed by atoms with Gasteiger partial charge in [-0.1, -0.05) is 20.4 Å². The molecule has 0 amide bonds. The third kappa shape index (κ3) is 5.82. The minimum atomic E-state index is -0.331. The molecule has 2 rings (SSSR count). The first-order chi connectivity index (χ1) is 12.3. The van der Waals surface area contributed by atoms with Crippen molar-refractivity contribution < 1.29 is 19.0 Å². The summed E-state index contributed by atoms with van der Waals surface area (Å²) in [6.45, 7) is 11.0. The van der Waals surface area contributed by atoms with Crippen molar-refractivity contribution in [3.8, 4) is 0 Å². The zero-order valence-electron chi connectivity index (χ0n) is 17.2. The van der Waals surface area contributed by atoms with Crippen LogP contribution in [0.5, 0.6) is 0 Å². The highest BCUT2D eigenvalue weighted by molar-refractivity contribution is 5.86. The van der Waals surface area contributed by atoms with E-state index in [4.69, 9.17) is 14.2 Å². The second kappa shape index (κ2) is 9.89. The Bertz CT molecular complexity index is 455. The minimum Gasteiger partial charge on any atom is -0.460 e. The number of esters is 1. The Morgan fingerprint density at radius 2 is 1.42 bits per heavy atom. The highest BCUT2D eigenvalue weighted by Gasteiger charge is 2.40. The summed E-state index contributed by atoms with van der Waals surface area (Å²) in [7, 11) is 1.84. The van der Waals surface area contributed by atoms with E-state index in [2.05, 4.69) is 20.4 Å². The third-order valence-electron chi connectivity index (χ3n) is 6.80. The molecule has 0 aliphatic heterocycles. The van der Waals surface area contributed by atoms with Gasteiger partial charge in [0.25, 0.3) is 0 Å². The summed E-state index contributed by atoms with van der Waals surface area (Å²) in [5.41, 5.74) is 0.841. The maximum Gasteiger partial charge on any atom is 0.333 e. The van der Waals surface area contributed by atoms with E-state index in [0.29, 0.717) is 36.4 Å². The Kier molecular flexibility index (Phi) is 8.15. The first-order valence-corrected chi connectivity index (χ1v) is 10.3. The zero-order valence-corrected chi connectivity index (χ0v) is 17.2. The molecule has 0 N–H and O–H groups in total. The van der Waals surface area contributed by atoms with Crippen LogP contribution in [0.1, 0.15) is 72.1 Å². The molecule has 2 aliphatic rings. The second-order valence-electron chi connectivity index (χ2n) is 8.79. The highest BCUT2D eigenvalue weighted by atomic mass is 16.6. The zero-order chi connectivity index (χ0) is 19.2. The molecule has 0 bridgehead atoms. The van der Waals surface area contributed by atoms with Gasteiger partial charge >= 0.3 is 5.97 Å². The van der Waals surface area contributed by atoms with Crippen LogP contribution >= 0.6 is 0 Å². The van der Waals surface area contributed by atoms with Crippen molar-refractivity contribution in [2.75, 3.05) is 20.3 Å². The van der Waals surface area contributed by atoms with Crippen LogP contribution in [0.3, 0.4) is 0 Å². The molecule has 4 nitrogen and oxygen atoms in total. The van der Waals surface area contributed by atoms with Gasteiger partial charge in [-0.25, -0.2) is 4.79 Å². The Labute approximate surface area is 159 Å². The van der Waals surface area contributed by atoms with E-state index >= 15 is 0 Å². The number of ether oxygens (including phenoxy) is 3. The monoisotopic (exact) mass is 366 g/mol. The van der Waals surface area contributed by atoms with E-state index in [1.54, 1.807) is 6.92 Å². The molecule has 0 aromatic heterocycles. The summed E-state index contributed by atoms with van der Waals surface area (Å²) < 4.78 is 16.6. The van der Waals surface area contributed by atoms with Gasteiger partial charge in [-0.2, -0.15) is 0 Å². The van der Waals surface area contributed by atoms with E-state index in [0.717, 1.165) is 24.7 Å². The molecule has 0 atom stereocenters. The lowest BCUT2D eigenvalue weighted by Gasteiger charge is -2.46. The van der Waals surface area contributed by atoms with Crippen molar-refractivity contribution in [1.29, 1.82) is 0 Å². The van der Waals surface area contributed by atoms with Crippen molar-refractivity contribution in [2.24, 2.45) is 17.3 Å². The average molecular weight is 367 g/mol. The molecule has 0 radical (unpaired) electrons. The van der Waals surface area contributed by atoms with Gasteiger partial charge in [0.2, 0.25) is 0 Å². The van der Waals surface area contributed by atoms with Crippen LogP contribution in [-0.2, 0) is 19.0 Å². The molecule has 2 saturated carbocycles. The smallest absolute Gasteiger partial charge is 0.333 e. The molecule has 0 aromatic carbocycles. The summed E-state index contributed by atoms with van der Waals surface area (Å²) in [6, 6.07) is 0. The molecule has 4 heteroatoms. The van der Waals surface area contributed by atoms with Crippen molar-refractivity contribution in [2.45, 2.75) is 84.3 Å². The summed E-state index contributed by atoms with van der Waals surface area (Å²) in [5, 5.41) is 0. The first-order valence-electron chi connectivity index (χ1n) is 10.3. The fourth-order valence-corrected chi connectivity index (χ4v) is 4.82. The third-order valence-corrected chi connectivity index (χ3v) is 6.80. The molecule has 0 heterocycles. The molecule has 0 unspecified atom stereocenters. The van der Waals surface area contributed by atoms with Crippen molar-refractivity contribution in [3.05, 3.63) is 12.2 Å².